The van der Waals surface area contributed by atoms with E-state index in [0.717, 1.165) is 36.9 Å². The van der Waals surface area contributed by atoms with Crippen molar-refractivity contribution in [2.24, 2.45) is 0 Å². The minimum absolute atomic E-state index is 0.549. The summed E-state index contributed by atoms with van der Waals surface area (Å²) in [6.07, 6.45) is 2.96. The van der Waals surface area contributed by atoms with Gasteiger partial charge in [0.1, 0.15) is 11.5 Å². The lowest BCUT2D eigenvalue weighted by Gasteiger charge is -2.24. The number of nitrogens with zero attached hydrogens (tertiary/aromatic N) is 2. The molecule has 0 amide bonds. The first kappa shape index (κ1) is 14.9. The van der Waals surface area contributed by atoms with Crippen molar-refractivity contribution in [1.82, 2.24) is 10.1 Å². The fourth-order valence-electron chi connectivity index (χ4n) is 2.60. The quantitative estimate of drug-likeness (QED) is 0.804. The van der Waals surface area contributed by atoms with Gasteiger partial charge in [0.05, 0.1) is 0 Å². The topological polar surface area (TPSA) is 29.3 Å². The molecule has 0 aliphatic carbocycles. The van der Waals surface area contributed by atoms with Crippen LogP contribution in [-0.4, -0.2) is 23.1 Å². The summed E-state index contributed by atoms with van der Waals surface area (Å²) in [5.41, 5.74) is 3.40. The summed E-state index contributed by atoms with van der Waals surface area (Å²) in [5.74, 6) is -0.883. The van der Waals surface area contributed by atoms with E-state index in [-0.39, 0.29) is 0 Å². The predicted octanol–water partition coefficient (Wildman–Crippen LogP) is 3.94. The molecule has 0 saturated heterocycles. The van der Waals surface area contributed by atoms with Crippen LogP contribution in [-0.2, 0) is 13.0 Å². The van der Waals surface area contributed by atoms with Gasteiger partial charge in [0, 0.05) is 37.2 Å². The number of benzene rings is 1. The number of hydrogen-bond acceptors (Lipinski definition) is 3. The Kier molecular flexibility index (Phi) is 4.07. The van der Waals surface area contributed by atoms with Gasteiger partial charge < -0.3 is 4.52 Å². The zero-order valence-electron chi connectivity index (χ0n) is 12.7. The van der Waals surface area contributed by atoms with E-state index >= 15 is 0 Å². The molecule has 3 nitrogen and oxygen atoms in total. The van der Waals surface area contributed by atoms with Crippen LogP contribution < -0.4 is 0 Å². The van der Waals surface area contributed by atoms with Gasteiger partial charge >= 0.3 is 0 Å². The van der Waals surface area contributed by atoms with Crippen molar-refractivity contribution in [3.05, 3.63) is 52.8 Å². The monoisotopic (exact) mass is 304 g/mol. The third kappa shape index (κ3) is 2.95. The van der Waals surface area contributed by atoms with Crippen molar-refractivity contribution >= 4 is 0 Å². The molecule has 0 saturated carbocycles. The Hall–Kier alpha value is -2.01. The van der Waals surface area contributed by atoms with Gasteiger partial charge in [-0.05, 0) is 32.0 Å². The molecule has 116 valence electrons. The molecule has 0 N–H and O–H groups in total. The van der Waals surface area contributed by atoms with Gasteiger partial charge in [-0.1, -0.05) is 16.8 Å². The Balaban J connectivity index is 1.89. The van der Waals surface area contributed by atoms with Crippen LogP contribution in [0.3, 0.4) is 0 Å². The molecule has 0 unspecified atom stereocenters. The number of allylic oxidation sites excluding steroid dienone is 1. The lowest BCUT2D eigenvalue weighted by Crippen LogP contribution is -2.30. The van der Waals surface area contributed by atoms with E-state index in [4.69, 9.17) is 4.52 Å². The molecule has 0 fully saturated rings. The first-order valence-electron chi connectivity index (χ1n) is 7.33. The van der Waals surface area contributed by atoms with Crippen molar-refractivity contribution in [1.29, 1.82) is 0 Å². The van der Waals surface area contributed by atoms with Crippen molar-refractivity contribution in [3.63, 3.8) is 0 Å². The molecule has 2 aromatic rings. The Morgan fingerprint density at radius 1 is 1.32 bits per heavy atom. The van der Waals surface area contributed by atoms with Crippen LogP contribution in [0.15, 0.2) is 34.4 Å². The molecule has 1 aromatic heterocycles. The maximum atomic E-state index is 13.4. The normalized spacial score (nSPS) is 14.7. The average molecular weight is 304 g/mol. The lowest BCUT2D eigenvalue weighted by atomic mass is 10.0. The summed E-state index contributed by atoms with van der Waals surface area (Å²) in [7, 11) is 0. The molecule has 0 atom stereocenters. The highest BCUT2D eigenvalue weighted by Gasteiger charge is 2.24. The summed E-state index contributed by atoms with van der Waals surface area (Å²) >= 11 is 0. The third-order valence-electron chi connectivity index (χ3n) is 3.86. The highest BCUT2D eigenvalue weighted by Crippen LogP contribution is 2.30. The second-order valence-corrected chi connectivity index (χ2v) is 5.83. The van der Waals surface area contributed by atoms with Gasteiger partial charge in [-0.25, -0.2) is 8.78 Å². The highest BCUT2D eigenvalue weighted by molar-refractivity contribution is 5.63. The molecule has 0 bridgehead atoms. The molecule has 1 aliphatic rings. The lowest BCUT2D eigenvalue weighted by molar-refractivity contribution is 0.258. The Labute approximate surface area is 128 Å². The summed E-state index contributed by atoms with van der Waals surface area (Å²) in [4.78, 5) is 2.29. The maximum Gasteiger partial charge on any atom is 0.159 e. The van der Waals surface area contributed by atoms with Gasteiger partial charge in [-0.15, -0.1) is 0 Å². The number of fused-ring (bicyclic) bond motifs is 1. The molecule has 5 heteroatoms. The molecule has 22 heavy (non-hydrogen) atoms. The predicted molar refractivity (Wildman–Crippen MR) is 80.3 cm³/mol. The van der Waals surface area contributed by atoms with Crippen LogP contribution >= 0.6 is 0 Å². The van der Waals surface area contributed by atoms with Crippen molar-refractivity contribution in [2.75, 3.05) is 13.1 Å². The van der Waals surface area contributed by atoms with Gasteiger partial charge in [0.2, 0.25) is 0 Å². The van der Waals surface area contributed by atoms with Crippen LogP contribution in [0.4, 0.5) is 8.78 Å². The summed E-state index contributed by atoms with van der Waals surface area (Å²) < 4.78 is 31.9. The van der Waals surface area contributed by atoms with E-state index in [1.807, 2.05) is 0 Å². The summed E-state index contributed by atoms with van der Waals surface area (Å²) in [5, 5.41) is 4.06. The number of halogens is 2. The minimum Gasteiger partial charge on any atom is -0.360 e. The fourth-order valence-corrected chi connectivity index (χ4v) is 2.60. The molecular formula is C17H18F2N2O. The minimum atomic E-state index is -0.869. The second-order valence-electron chi connectivity index (χ2n) is 5.83. The average Bonchev–Trinajstić information content (AvgIpc) is 2.91. The van der Waals surface area contributed by atoms with Crippen LogP contribution in [0.5, 0.6) is 0 Å². The van der Waals surface area contributed by atoms with Gasteiger partial charge in [-0.3, -0.25) is 4.90 Å². The molecule has 2 heterocycles. The van der Waals surface area contributed by atoms with Crippen LogP contribution in [0.1, 0.15) is 25.2 Å². The zero-order chi connectivity index (χ0) is 15.7. The van der Waals surface area contributed by atoms with E-state index < -0.39 is 11.6 Å². The summed E-state index contributed by atoms with van der Waals surface area (Å²) in [6, 6.07) is 3.82. The van der Waals surface area contributed by atoms with Gasteiger partial charge in [-0.2, -0.15) is 0 Å². The van der Waals surface area contributed by atoms with E-state index in [0.29, 0.717) is 17.8 Å². The Bertz CT molecular complexity index is 717. The van der Waals surface area contributed by atoms with Gasteiger partial charge in [0.15, 0.2) is 11.6 Å². The van der Waals surface area contributed by atoms with Crippen LogP contribution in [0.2, 0.25) is 0 Å². The van der Waals surface area contributed by atoms with Crippen molar-refractivity contribution < 1.29 is 13.3 Å². The van der Waals surface area contributed by atoms with E-state index in [1.165, 1.54) is 17.7 Å². The van der Waals surface area contributed by atoms with Crippen LogP contribution in [0.25, 0.3) is 11.3 Å². The second kappa shape index (κ2) is 6.01. The van der Waals surface area contributed by atoms with Crippen molar-refractivity contribution in [2.45, 2.75) is 26.8 Å². The van der Waals surface area contributed by atoms with Crippen LogP contribution in [0, 0.1) is 11.6 Å². The zero-order valence-corrected chi connectivity index (χ0v) is 12.7. The molecular weight excluding hydrogens is 286 g/mol. The third-order valence-corrected chi connectivity index (χ3v) is 3.86. The smallest absolute Gasteiger partial charge is 0.159 e. The number of rotatable bonds is 3. The van der Waals surface area contributed by atoms with E-state index in [9.17, 15) is 8.78 Å². The molecule has 1 aromatic carbocycles. The van der Waals surface area contributed by atoms with Crippen molar-refractivity contribution in [3.8, 4) is 11.3 Å². The fraction of sp³-hybridized carbons (Fsp3) is 0.353. The standard InChI is InChI=1S/C17H18F2N2O/c1-11(2)5-7-21-8-6-16-13(10-21)17(20-22-16)12-3-4-14(18)15(19)9-12/h3-5,9H,6-8,10H2,1-2H3. The number of aromatic nitrogens is 1. The highest BCUT2D eigenvalue weighted by atomic mass is 19.2. The van der Waals surface area contributed by atoms with E-state index in [1.54, 1.807) is 0 Å². The first-order valence-corrected chi connectivity index (χ1v) is 7.33. The summed E-state index contributed by atoms with van der Waals surface area (Å²) in [6.45, 7) is 6.62. The molecule has 0 radical (unpaired) electrons. The Morgan fingerprint density at radius 3 is 2.86 bits per heavy atom. The maximum absolute atomic E-state index is 13.4. The first-order chi connectivity index (χ1) is 10.5. The molecule has 1 aliphatic heterocycles. The Morgan fingerprint density at radius 2 is 2.14 bits per heavy atom. The molecule has 0 spiro atoms. The van der Waals surface area contributed by atoms with E-state index in [2.05, 4.69) is 30.0 Å². The SMILES string of the molecule is CC(C)=CCN1CCc2onc(-c3ccc(F)c(F)c3)c2C1. The molecule has 3 rings (SSSR count). The largest absolute Gasteiger partial charge is 0.360 e. The number of hydrogen-bond donors (Lipinski definition) is 0. The van der Waals surface area contributed by atoms with Gasteiger partial charge in [0.25, 0.3) is 0 Å².